The van der Waals surface area contributed by atoms with Gasteiger partial charge in [-0.15, -0.1) is 0 Å². The number of aryl methyl sites for hydroxylation is 1. The molecule has 0 unspecified atom stereocenters. The highest BCUT2D eigenvalue weighted by Crippen LogP contribution is 2.37. The van der Waals surface area contributed by atoms with Crippen LogP contribution in [0, 0.1) is 6.92 Å². The lowest BCUT2D eigenvalue weighted by Crippen LogP contribution is -2.46. The molecule has 1 saturated heterocycles. The number of oxazole rings is 1. The first-order chi connectivity index (χ1) is 7.56. The van der Waals surface area contributed by atoms with Crippen molar-refractivity contribution in [2.24, 2.45) is 0 Å². The smallest absolute Gasteiger partial charge is 0.317 e. The van der Waals surface area contributed by atoms with Crippen molar-refractivity contribution in [1.29, 1.82) is 0 Å². The quantitative estimate of drug-likeness (QED) is 0.812. The van der Waals surface area contributed by atoms with Crippen molar-refractivity contribution >= 4 is 5.97 Å². The van der Waals surface area contributed by atoms with E-state index in [2.05, 4.69) is 9.88 Å². The average molecular weight is 224 g/mol. The van der Waals surface area contributed by atoms with E-state index in [1.165, 1.54) is 6.39 Å². The Kier molecular flexibility index (Phi) is 2.71. The lowest BCUT2D eigenvalue weighted by molar-refractivity contribution is -0.146. The van der Waals surface area contributed by atoms with Gasteiger partial charge in [0.2, 0.25) is 0 Å². The maximum Gasteiger partial charge on any atom is 0.317 e. The minimum atomic E-state index is -0.882. The molecule has 5 heteroatoms. The Morgan fingerprint density at radius 1 is 1.56 bits per heavy atom. The number of likely N-dealkylation sites (tertiary alicyclic amines) is 1. The number of carboxylic acids is 1. The van der Waals surface area contributed by atoms with Crippen LogP contribution in [0.1, 0.15) is 24.3 Å². The summed E-state index contributed by atoms with van der Waals surface area (Å²) < 4.78 is 5.29. The summed E-state index contributed by atoms with van der Waals surface area (Å²) in [4.78, 5) is 17.7. The summed E-state index contributed by atoms with van der Waals surface area (Å²) in [6, 6.07) is 0. The standard InChI is InChI=1S/C11H16N2O3/c1-8-9(16-7-12-8)11(10(14)15)3-5-13(2)6-4-11/h7H,3-6H2,1-2H3,(H,14,15). The minimum Gasteiger partial charge on any atom is -0.480 e. The van der Waals surface area contributed by atoms with Gasteiger partial charge in [0.15, 0.2) is 6.39 Å². The first-order valence-corrected chi connectivity index (χ1v) is 5.39. The van der Waals surface area contributed by atoms with Gasteiger partial charge >= 0.3 is 5.97 Å². The second-order valence-corrected chi connectivity index (χ2v) is 4.46. The van der Waals surface area contributed by atoms with Crippen LogP contribution in [0.25, 0.3) is 0 Å². The fourth-order valence-corrected chi connectivity index (χ4v) is 2.30. The lowest BCUT2D eigenvalue weighted by Gasteiger charge is -2.35. The summed E-state index contributed by atoms with van der Waals surface area (Å²) in [6.07, 6.45) is 2.48. The molecule has 0 aromatic carbocycles. The molecule has 0 aliphatic carbocycles. The van der Waals surface area contributed by atoms with Crippen molar-refractivity contribution in [2.45, 2.75) is 25.2 Å². The molecular formula is C11H16N2O3. The number of nitrogens with zero attached hydrogens (tertiary/aromatic N) is 2. The zero-order chi connectivity index (χ0) is 11.8. The van der Waals surface area contributed by atoms with E-state index in [0.29, 0.717) is 24.3 Å². The number of piperidine rings is 1. The van der Waals surface area contributed by atoms with Crippen LogP contribution in [0.3, 0.4) is 0 Å². The average Bonchev–Trinajstić information content (AvgIpc) is 2.66. The van der Waals surface area contributed by atoms with Crippen LogP contribution >= 0.6 is 0 Å². The SMILES string of the molecule is Cc1ncoc1C1(C(=O)O)CCN(C)CC1. The van der Waals surface area contributed by atoms with Crippen LogP contribution < -0.4 is 0 Å². The zero-order valence-corrected chi connectivity index (χ0v) is 9.56. The highest BCUT2D eigenvalue weighted by molar-refractivity contribution is 5.81. The van der Waals surface area contributed by atoms with Gasteiger partial charge < -0.3 is 14.4 Å². The Morgan fingerprint density at radius 2 is 2.19 bits per heavy atom. The summed E-state index contributed by atoms with van der Waals surface area (Å²) in [5.41, 5.74) is -0.195. The normalized spacial score (nSPS) is 20.9. The van der Waals surface area contributed by atoms with Gasteiger partial charge in [-0.05, 0) is 39.9 Å². The Labute approximate surface area is 94.1 Å². The van der Waals surface area contributed by atoms with Crippen LogP contribution in [-0.2, 0) is 10.2 Å². The van der Waals surface area contributed by atoms with E-state index in [-0.39, 0.29) is 0 Å². The second-order valence-electron chi connectivity index (χ2n) is 4.46. The van der Waals surface area contributed by atoms with Crippen molar-refractivity contribution in [3.05, 3.63) is 17.8 Å². The van der Waals surface area contributed by atoms with E-state index < -0.39 is 11.4 Å². The zero-order valence-electron chi connectivity index (χ0n) is 9.56. The Morgan fingerprint density at radius 3 is 2.62 bits per heavy atom. The topological polar surface area (TPSA) is 66.6 Å². The van der Waals surface area contributed by atoms with Crippen LogP contribution in [0.15, 0.2) is 10.8 Å². The fraction of sp³-hybridized carbons (Fsp3) is 0.636. The van der Waals surface area contributed by atoms with E-state index in [0.717, 1.165) is 13.1 Å². The summed E-state index contributed by atoms with van der Waals surface area (Å²) in [5, 5.41) is 9.46. The first kappa shape index (κ1) is 11.1. The van der Waals surface area contributed by atoms with Gasteiger partial charge in [-0.1, -0.05) is 0 Å². The number of hydrogen-bond acceptors (Lipinski definition) is 4. The molecule has 0 spiro atoms. The van der Waals surface area contributed by atoms with E-state index in [9.17, 15) is 9.90 Å². The van der Waals surface area contributed by atoms with Crippen LogP contribution in [0.5, 0.6) is 0 Å². The third-order valence-corrected chi connectivity index (χ3v) is 3.43. The number of rotatable bonds is 2. The van der Waals surface area contributed by atoms with Crippen molar-refractivity contribution in [3.8, 4) is 0 Å². The Hall–Kier alpha value is -1.36. The fourth-order valence-electron chi connectivity index (χ4n) is 2.30. The number of carboxylic acid groups (broad SMARTS) is 1. The summed E-state index contributed by atoms with van der Waals surface area (Å²) in [6.45, 7) is 3.33. The van der Waals surface area contributed by atoms with Gasteiger partial charge in [0, 0.05) is 0 Å². The van der Waals surface area contributed by atoms with Gasteiger partial charge in [-0.2, -0.15) is 0 Å². The number of carbonyl (C=O) groups is 1. The van der Waals surface area contributed by atoms with Crippen LogP contribution in [0.4, 0.5) is 0 Å². The molecule has 2 heterocycles. The van der Waals surface area contributed by atoms with E-state index in [1.807, 2.05) is 7.05 Å². The minimum absolute atomic E-state index is 0.521. The summed E-state index contributed by atoms with van der Waals surface area (Å²) in [7, 11) is 2.00. The molecule has 0 saturated carbocycles. The lowest BCUT2D eigenvalue weighted by atomic mass is 9.75. The molecule has 0 radical (unpaired) electrons. The van der Waals surface area contributed by atoms with Crippen LogP contribution in [0.2, 0.25) is 0 Å². The van der Waals surface area contributed by atoms with Gasteiger partial charge in [0.05, 0.1) is 5.69 Å². The van der Waals surface area contributed by atoms with E-state index in [4.69, 9.17) is 4.42 Å². The van der Waals surface area contributed by atoms with E-state index in [1.54, 1.807) is 6.92 Å². The molecule has 5 nitrogen and oxygen atoms in total. The molecule has 1 aromatic heterocycles. The van der Waals surface area contributed by atoms with Crippen LogP contribution in [-0.4, -0.2) is 41.1 Å². The molecule has 1 aromatic rings. The molecule has 1 aliphatic heterocycles. The van der Waals surface area contributed by atoms with Crippen molar-refractivity contribution in [2.75, 3.05) is 20.1 Å². The maximum absolute atomic E-state index is 11.5. The highest BCUT2D eigenvalue weighted by atomic mass is 16.4. The molecule has 0 bridgehead atoms. The van der Waals surface area contributed by atoms with Gasteiger partial charge in [0.25, 0.3) is 0 Å². The number of aliphatic carboxylic acids is 1. The highest BCUT2D eigenvalue weighted by Gasteiger charge is 2.46. The maximum atomic E-state index is 11.5. The monoisotopic (exact) mass is 224 g/mol. The largest absolute Gasteiger partial charge is 0.480 e. The predicted molar refractivity (Wildman–Crippen MR) is 57.3 cm³/mol. The van der Waals surface area contributed by atoms with Gasteiger partial charge in [-0.3, -0.25) is 4.79 Å². The molecule has 1 fully saturated rings. The molecule has 0 amide bonds. The summed E-state index contributed by atoms with van der Waals surface area (Å²) >= 11 is 0. The van der Waals surface area contributed by atoms with Gasteiger partial charge in [-0.25, -0.2) is 4.98 Å². The number of aromatic nitrogens is 1. The molecule has 16 heavy (non-hydrogen) atoms. The molecule has 2 rings (SSSR count). The number of hydrogen-bond donors (Lipinski definition) is 1. The Bertz CT molecular complexity index is 392. The first-order valence-electron chi connectivity index (χ1n) is 5.39. The third kappa shape index (κ3) is 1.61. The molecule has 0 atom stereocenters. The molecule has 88 valence electrons. The van der Waals surface area contributed by atoms with Gasteiger partial charge in [0.1, 0.15) is 11.2 Å². The summed E-state index contributed by atoms with van der Waals surface area (Å²) in [5.74, 6) is -0.284. The van der Waals surface area contributed by atoms with Crippen molar-refractivity contribution in [1.82, 2.24) is 9.88 Å². The van der Waals surface area contributed by atoms with Crippen molar-refractivity contribution in [3.63, 3.8) is 0 Å². The second kappa shape index (κ2) is 3.90. The molecule has 1 N–H and O–H groups in total. The Balaban J connectivity index is 2.37. The third-order valence-electron chi connectivity index (χ3n) is 3.43. The van der Waals surface area contributed by atoms with Crippen molar-refractivity contribution < 1.29 is 14.3 Å². The molecular weight excluding hydrogens is 208 g/mol. The molecule has 1 aliphatic rings. The van der Waals surface area contributed by atoms with E-state index >= 15 is 0 Å². The predicted octanol–water partition coefficient (Wildman–Crippen LogP) is 1.03.